The average molecular weight is 198 g/mol. The van der Waals surface area contributed by atoms with Gasteiger partial charge in [-0.25, -0.2) is 4.79 Å². The largest absolute Gasteiger partial charge is 0.479 e. The summed E-state index contributed by atoms with van der Waals surface area (Å²) in [6.07, 6.45) is 0.178. The number of rotatable bonds is 2. The van der Waals surface area contributed by atoms with Crippen LogP contribution in [-0.2, 0) is 4.79 Å². The molecule has 0 aromatic rings. The minimum Gasteiger partial charge on any atom is -0.479 e. The van der Waals surface area contributed by atoms with Gasteiger partial charge in [0.2, 0.25) is 0 Å². The van der Waals surface area contributed by atoms with Crippen LogP contribution in [0.15, 0.2) is 12.2 Å². The maximum absolute atomic E-state index is 10.8. The van der Waals surface area contributed by atoms with E-state index < -0.39 is 17.5 Å². The lowest BCUT2D eigenvalue weighted by Gasteiger charge is -2.40. The van der Waals surface area contributed by atoms with Crippen molar-refractivity contribution in [2.75, 3.05) is 0 Å². The van der Waals surface area contributed by atoms with E-state index in [1.165, 1.54) is 0 Å². The summed E-state index contributed by atoms with van der Waals surface area (Å²) < 4.78 is 0. The lowest BCUT2D eigenvalue weighted by atomic mass is 9.65. The molecule has 1 rings (SSSR count). The van der Waals surface area contributed by atoms with Crippen LogP contribution in [0, 0.1) is 10.8 Å². The summed E-state index contributed by atoms with van der Waals surface area (Å²) >= 11 is 0. The number of aliphatic hydroxyl groups excluding tert-OH is 1. The number of aliphatic hydroxyl groups is 1. The van der Waals surface area contributed by atoms with E-state index in [1.807, 2.05) is 20.8 Å². The van der Waals surface area contributed by atoms with Gasteiger partial charge in [0, 0.05) is 5.41 Å². The molecule has 80 valence electrons. The van der Waals surface area contributed by atoms with Gasteiger partial charge in [0.05, 0.1) is 0 Å². The first-order valence-corrected chi connectivity index (χ1v) is 4.82. The number of carbonyl (C=O) groups is 1. The number of carboxylic acid groups (broad SMARTS) is 1. The number of allylic oxidation sites excluding steroid dienone is 1. The Kier molecular flexibility index (Phi) is 2.48. The highest BCUT2D eigenvalue weighted by molar-refractivity contribution is 5.73. The van der Waals surface area contributed by atoms with Crippen molar-refractivity contribution < 1.29 is 15.0 Å². The van der Waals surface area contributed by atoms with Gasteiger partial charge in [-0.3, -0.25) is 0 Å². The van der Waals surface area contributed by atoms with Crippen LogP contribution in [-0.4, -0.2) is 22.3 Å². The van der Waals surface area contributed by atoms with Crippen LogP contribution in [0.2, 0.25) is 0 Å². The lowest BCUT2D eigenvalue weighted by Crippen LogP contribution is -2.45. The molecule has 0 aromatic carbocycles. The number of hydrogen-bond acceptors (Lipinski definition) is 2. The fourth-order valence-corrected chi connectivity index (χ4v) is 2.19. The van der Waals surface area contributed by atoms with Gasteiger partial charge >= 0.3 is 5.97 Å². The molecule has 0 aliphatic heterocycles. The second-order valence-electron chi connectivity index (χ2n) is 4.89. The highest BCUT2D eigenvalue weighted by Gasteiger charge is 2.54. The van der Waals surface area contributed by atoms with E-state index in [0.29, 0.717) is 6.42 Å². The molecule has 3 nitrogen and oxygen atoms in total. The van der Waals surface area contributed by atoms with Crippen LogP contribution in [0.5, 0.6) is 0 Å². The monoisotopic (exact) mass is 198 g/mol. The molecule has 2 unspecified atom stereocenters. The maximum atomic E-state index is 10.8. The molecule has 2 N–H and O–H groups in total. The molecular weight excluding hydrogens is 180 g/mol. The first-order chi connectivity index (χ1) is 6.23. The second-order valence-corrected chi connectivity index (χ2v) is 4.89. The normalized spacial score (nSPS) is 33.0. The van der Waals surface area contributed by atoms with E-state index in [0.717, 1.165) is 12.0 Å². The van der Waals surface area contributed by atoms with E-state index in [4.69, 9.17) is 5.11 Å². The molecule has 1 fully saturated rings. The minimum atomic E-state index is -1.31. The number of carboxylic acids is 1. The second kappa shape index (κ2) is 3.09. The molecule has 0 heterocycles. The molecular formula is C11H18O3. The van der Waals surface area contributed by atoms with Gasteiger partial charge in [0.25, 0.3) is 0 Å². The van der Waals surface area contributed by atoms with Gasteiger partial charge in [0.1, 0.15) is 0 Å². The summed E-state index contributed by atoms with van der Waals surface area (Å²) in [6.45, 7) is 9.67. The summed E-state index contributed by atoms with van der Waals surface area (Å²) in [5, 5.41) is 18.5. The molecule has 2 atom stereocenters. The Morgan fingerprint density at radius 1 is 1.50 bits per heavy atom. The van der Waals surface area contributed by atoms with Gasteiger partial charge in [-0.15, -0.1) is 0 Å². The molecule has 0 amide bonds. The summed E-state index contributed by atoms with van der Waals surface area (Å²) in [5.41, 5.74) is 0.112. The minimum absolute atomic E-state index is 0.315. The van der Waals surface area contributed by atoms with Crippen molar-refractivity contribution in [2.45, 2.75) is 39.7 Å². The van der Waals surface area contributed by atoms with Crippen LogP contribution in [0.3, 0.4) is 0 Å². The Hall–Kier alpha value is -0.830. The Balaban J connectivity index is 3.07. The highest BCUT2D eigenvalue weighted by atomic mass is 16.4. The Bertz CT molecular complexity index is 280. The Morgan fingerprint density at radius 2 is 2.00 bits per heavy atom. The van der Waals surface area contributed by atoms with Crippen molar-refractivity contribution in [2.24, 2.45) is 10.8 Å². The van der Waals surface area contributed by atoms with Gasteiger partial charge in [0.15, 0.2) is 6.10 Å². The van der Waals surface area contributed by atoms with Gasteiger partial charge in [-0.1, -0.05) is 32.9 Å². The van der Waals surface area contributed by atoms with E-state index in [2.05, 4.69) is 6.58 Å². The first-order valence-electron chi connectivity index (χ1n) is 4.82. The SMILES string of the molecule is C=C1CCC(C)(C(O)C(=O)O)C1(C)C. The van der Waals surface area contributed by atoms with E-state index in [1.54, 1.807) is 0 Å². The van der Waals surface area contributed by atoms with E-state index in [-0.39, 0.29) is 5.41 Å². The van der Waals surface area contributed by atoms with Crippen LogP contribution in [0.25, 0.3) is 0 Å². The third-order valence-electron chi connectivity index (χ3n) is 4.10. The zero-order valence-corrected chi connectivity index (χ0v) is 9.00. The van der Waals surface area contributed by atoms with Crippen LogP contribution < -0.4 is 0 Å². The van der Waals surface area contributed by atoms with Gasteiger partial charge in [-0.05, 0) is 18.3 Å². The van der Waals surface area contributed by atoms with Crippen LogP contribution >= 0.6 is 0 Å². The molecule has 1 saturated carbocycles. The molecule has 0 aromatic heterocycles. The fourth-order valence-electron chi connectivity index (χ4n) is 2.19. The lowest BCUT2D eigenvalue weighted by molar-refractivity contribution is -0.157. The molecule has 14 heavy (non-hydrogen) atoms. The van der Waals surface area contributed by atoms with Crippen molar-refractivity contribution in [1.29, 1.82) is 0 Å². The summed E-state index contributed by atoms with van der Waals surface area (Å²) in [5.74, 6) is -1.14. The first kappa shape index (κ1) is 11.2. The van der Waals surface area contributed by atoms with Crippen LogP contribution in [0.4, 0.5) is 0 Å². The van der Waals surface area contributed by atoms with Crippen molar-refractivity contribution in [3.8, 4) is 0 Å². The van der Waals surface area contributed by atoms with Crippen molar-refractivity contribution in [3.05, 3.63) is 12.2 Å². The molecule has 0 radical (unpaired) electrons. The summed E-state index contributed by atoms with van der Waals surface area (Å²) in [4.78, 5) is 10.8. The quantitative estimate of drug-likeness (QED) is 0.665. The molecule has 0 saturated heterocycles. The molecule has 0 bridgehead atoms. The predicted octanol–water partition coefficient (Wildman–Crippen LogP) is 1.81. The van der Waals surface area contributed by atoms with Crippen molar-refractivity contribution >= 4 is 5.97 Å². The topological polar surface area (TPSA) is 57.5 Å². The Labute approximate surface area is 84.4 Å². The number of hydrogen-bond donors (Lipinski definition) is 2. The third-order valence-corrected chi connectivity index (χ3v) is 4.10. The Morgan fingerprint density at radius 3 is 2.29 bits per heavy atom. The molecule has 0 spiro atoms. The average Bonchev–Trinajstić information content (AvgIpc) is 2.29. The summed E-state index contributed by atoms with van der Waals surface area (Å²) in [6, 6.07) is 0. The third kappa shape index (κ3) is 1.27. The molecule has 3 heteroatoms. The fraction of sp³-hybridized carbons (Fsp3) is 0.727. The zero-order chi connectivity index (χ0) is 11.1. The molecule has 1 aliphatic rings. The van der Waals surface area contributed by atoms with Gasteiger partial charge < -0.3 is 10.2 Å². The highest BCUT2D eigenvalue weighted by Crippen LogP contribution is 2.56. The standard InChI is InChI=1S/C11H18O3/c1-7-5-6-11(4,10(7,2)3)8(12)9(13)14/h8,12H,1,5-6H2,2-4H3,(H,13,14). The van der Waals surface area contributed by atoms with Crippen molar-refractivity contribution in [3.63, 3.8) is 0 Å². The van der Waals surface area contributed by atoms with E-state index >= 15 is 0 Å². The molecule has 1 aliphatic carbocycles. The maximum Gasteiger partial charge on any atom is 0.333 e. The predicted molar refractivity (Wildman–Crippen MR) is 53.9 cm³/mol. The van der Waals surface area contributed by atoms with Gasteiger partial charge in [-0.2, -0.15) is 0 Å². The van der Waals surface area contributed by atoms with Crippen LogP contribution in [0.1, 0.15) is 33.6 Å². The smallest absolute Gasteiger partial charge is 0.333 e. The zero-order valence-electron chi connectivity index (χ0n) is 9.00. The summed E-state index contributed by atoms with van der Waals surface area (Å²) in [7, 11) is 0. The van der Waals surface area contributed by atoms with E-state index in [9.17, 15) is 9.90 Å². The number of aliphatic carboxylic acids is 1. The van der Waals surface area contributed by atoms with Crippen molar-refractivity contribution in [1.82, 2.24) is 0 Å².